The summed E-state index contributed by atoms with van der Waals surface area (Å²) in [6.45, 7) is 0. The number of hydrogen-bond donors (Lipinski definition) is 1. The summed E-state index contributed by atoms with van der Waals surface area (Å²) in [5.41, 5.74) is 0. The molecule has 0 spiro atoms. The van der Waals surface area contributed by atoms with Gasteiger partial charge in [-0.05, 0) is 18.6 Å². The molecule has 13 heavy (non-hydrogen) atoms. The Hall–Kier alpha value is 0.210. The van der Waals surface area contributed by atoms with Crippen molar-refractivity contribution in [3.63, 3.8) is 0 Å². The summed E-state index contributed by atoms with van der Waals surface area (Å²) in [4.78, 5) is 0. The van der Waals surface area contributed by atoms with Gasteiger partial charge >= 0.3 is 0 Å². The first-order valence-corrected chi connectivity index (χ1v) is 5.79. The van der Waals surface area contributed by atoms with Crippen molar-refractivity contribution in [1.82, 2.24) is 0 Å². The van der Waals surface area contributed by atoms with Crippen molar-refractivity contribution in [1.29, 1.82) is 0 Å². The molecule has 0 rings (SSSR count). The van der Waals surface area contributed by atoms with E-state index in [2.05, 4.69) is 12.6 Å². The Labute approximate surface area is 85.5 Å². The number of rotatable bonds is 9. The number of unbranched alkanes of at least 4 members (excludes halogenated alkanes) is 6. The molecule has 0 unspecified atom stereocenters. The van der Waals surface area contributed by atoms with E-state index < -0.39 is 6.43 Å². The van der Waals surface area contributed by atoms with Gasteiger partial charge in [-0.3, -0.25) is 0 Å². The number of hydrogen-bond acceptors (Lipinski definition) is 1. The maximum absolute atomic E-state index is 11.7. The van der Waals surface area contributed by atoms with Crippen molar-refractivity contribution in [3.05, 3.63) is 0 Å². The highest BCUT2D eigenvalue weighted by Crippen LogP contribution is 2.11. The zero-order chi connectivity index (χ0) is 9.94. The largest absolute Gasteiger partial charge is 0.238 e. The van der Waals surface area contributed by atoms with Crippen LogP contribution >= 0.6 is 12.6 Å². The van der Waals surface area contributed by atoms with Crippen LogP contribution in [0.1, 0.15) is 51.4 Å². The predicted octanol–water partition coefficient (Wildman–Crippen LogP) is 4.30. The van der Waals surface area contributed by atoms with Crippen molar-refractivity contribution >= 4 is 12.6 Å². The molecular formula is C10H20F2S. The third-order valence-corrected chi connectivity index (χ3v) is 2.40. The fraction of sp³-hybridized carbons (Fsp3) is 1.00. The average Bonchev–Trinajstić information content (AvgIpc) is 2.09. The molecule has 0 fully saturated rings. The molecule has 80 valence electrons. The van der Waals surface area contributed by atoms with E-state index in [9.17, 15) is 8.78 Å². The maximum Gasteiger partial charge on any atom is 0.238 e. The Kier molecular flexibility index (Phi) is 10.5. The van der Waals surface area contributed by atoms with Gasteiger partial charge in [0, 0.05) is 6.42 Å². The Bertz CT molecular complexity index is 96.9. The van der Waals surface area contributed by atoms with Gasteiger partial charge in [-0.2, -0.15) is 12.6 Å². The molecule has 0 aliphatic heterocycles. The fourth-order valence-electron chi connectivity index (χ4n) is 1.29. The lowest BCUT2D eigenvalue weighted by Crippen LogP contribution is -1.89. The first kappa shape index (κ1) is 13.2. The molecule has 0 N–H and O–H groups in total. The van der Waals surface area contributed by atoms with Gasteiger partial charge in [0.05, 0.1) is 0 Å². The Morgan fingerprint density at radius 2 is 1.23 bits per heavy atom. The third kappa shape index (κ3) is 12.2. The molecule has 3 heteroatoms. The van der Waals surface area contributed by atoms with E-state index in [1.807, 2.05) is 0 Å². The summed E-state index contributed by atoms with van der Waals surface area (Å²) in [6, 6.07) is 0. The zero-order valence-corrected chi connectivity index (χ0v) is 9.04. The van der Waals surface area contributed by atoms with Gasteiger partial charge in [-0.15, -0.1) is 0 Å². The third-order valence-electron chi connectivity index (χ3n) is 2.08. The molecule has 0 atom stereocenters. The van der Waals surface area contributed by atoms with Crippen LogP contribution in [0.3, 0.4) is 0 Å². The molecule has 0 aromatic rings. The van der Waals surface area contributed by atoms with Crippen molar-refractivity contribution < 1.29 is 8.78 Å². The monoisotopic (exact) mass is 210 g/mol. The highest BCUT2D eigenvalue weighted by atomic mass is 32.1. The number of alkyl halides is 2. The molecule has 0 nitrogen and oxygen atoms in total. The van der Waals surface area contributed by atoms with E-state index in [1.165, 1.54) is 25.7 Å². The van der Waals surface area contributed by atoms with E-state index in [1.54, 1.807) is 0 Å². The molecular weight excluding hydrogens is 190 g/mol. The van der Waals surface area contributed by atoms with Crippen molar-refractivity contribution in [2.75, 3.05) is 5.75 Å². The second-order valence-electron chi connectivity index (χ2n) is 3.38. The number of thiol groups is 1. The smallest absolute Gasteiger partial charge is 0.211 e. The minimum atomic E-state index is -2.11. The first-order chi connectivity index (χ1) is 6.27. The predicted molar refractivity (Wildman–Crippen MR) is 56.8 cm³/mol. The van der Waals surface area contributed by atoms with Gasteiger partial charge in [-0.1, -0.05) is 32.1 Å². The van der Waals surface area contributed by atoms with Crippen LogP contribution in [0.4, 0.5) is 8.78 Å². The highest BCUT2D eigenvalue weighted by molar-refractivity contribution is 7.80. The average molecular weight is 210 g/mol. The molecule has 0 saturated carbocycles. The molecule has 0 aromatic carbocycles. The number of halogens is 2. The van der Waals surface area contributed by atoms with Crippen LogP contribution in [0.5, 0.6) is 0 Å². The summed E-state index contributed by atoms with van der Waals surface area (Å²) in [5, 5.41) is 0. The highest BCUT2D eigenvalue weighted by Gasteiger charge is 2.00. The van der Waals surface area contributed by atoms with Crippen LogP contribution in [-0.4, -0.2) is 12.2 Å². The van der Waals surface area contributed by atoms with Gasteiger partial charge in [0.2, 0.25) is 6.43 Å². The lowest BCUT2D eigenvalue weighted by atomic mass is 10.1. The van der Waals surface area contributed by atoms with Crippen LogP contribution in [0.2, 0.25) is 0 Å². The van der Waals surface area contributed by atoms with Crippen molar-refractivity contribution in [2.45, 2.75) is 57.8 Å². The van der Waals surface area contributed by atoms with Crippen LogP contribution in [-0.2, 0) is 0 Å². The second-order valence-corrected chi connectivity index (χ2v) is 3.83. The molecule has 0 aromatic heterocycles. The Morgan fingerprint density at radius 3 is 1.69 bits per heavy atom. The molecule has 0 amide bonds. The summed E-state index contributed by atoms with van der Waals surface area (Å²) in [7, 11) is 0. The van der Waals surface area contributed by atoms with E-state index >= 15 is 0 Å². The van der Waals surface area contributed by atoms with E-state index in [-0.39, 0.29) is 6.42 Å². The van der Waals surface area contributed by atoms with Crippen LogP contribution < -0.4 is 0 Å². The van der Waals surface area contributed by atoms with Gasteiger partial charge in [-0.25, -0.2) is 8.78 Å². The fourth-order valence-corrected chi connectivity index (χ4v) is 1.52. The molecule has 0 aliphatic carbocycles. The lowest BCUT2D eigenvalue weighted by Gasteiger charge is -2.00. The Morgan fingerprint density at radius 1 is 0.769 bits per heavy atom. The summed E-state index contributed by atoms with van der Waals surface area (Å²) in [5.74, 6) is 0.964. The van der Waals surface area contributed by atoms with Gasteiger partial charge in [0.15, 0.2) is 0 Å². The van der Waals surface area contributed by atoms with E-state index in [4.69, 9.17) is 0 Å². The summed E-state index contributed by atoms with van der Waals surface area (Å²) < 4.78 is 23.4. The van der Waals surface area contributed by atoms with Crippen LogP contribution in [0.25, 0.3) is 0 Å². The standard InChI is InChI=1S/C10H20F2S/c11-10(12)8-6-4-2-1-3-5-7-9-13/h10,13H,1-9H2. The van der Waals surface area contributed by atoms with Gasteiger partial charge in [0.1, 0.15) is 0 Å². The second kappa shape index (κ2) is 10.3. The normalized spacial score (nSPS) is 11.1. The summed E-state index contributed by atoms with van der Waals surface area (Å²) in [6.07, 6.45) is 5.57. The minimum absolute atomic E-state index is 0.0800. The van der Waals surface area contributed by atoms with Gasteiger partial charge in [0.25, 0.3) is 0 Å². The topological polar surface area (TPSA) is 0 Å². The minimum Gasteiger partial charge on any atom is -0.211 e. The maximum atomic E-state index is 11.7. The van der Waals surface area contributed by atoms with Crippen LogP contribution in [0, 0.1) is 0 Å². The zero-order valence-electron chi connectivity index (χ0n) is 8.14. The molecule has 0 aliphatic rings. The van der Waals surface area contributed by atoms with Gasteiger partial charge < -0.3 is 0 Å². The lowest BCUT2D eigenvalue weighted by molar-refractivity contribution is 0.133. The van der Waals surface area contributed by atoms with E-state index in [0.717, 1.165) is 18.6 Å². The summed E-state index contributed by atoms with van der Waals surface area (Å²) >= 11 is 4.12. The molecule has 0 saturated heterocycles. The molecule has 0 bridgehead atoms. The quantitative estimate of drug-likeness (QED) is 0.425. The SMILES string of the molecule is FC(F)CCCCCCCCCS. The first-order valence-electron chi connectivity index (χ1n) is 5.16. The van der Waals surface area contributed by atoms with Crippen LogP contribution in [0.15, 0.2) is 0 Å². The Balaban J connectivity index is 2.84. The molecule has 0 heterocycles. The molecule has 0 radical (unpaired) electrons. The van der Waals surface area contributed by atoms with Crippen molar-refractivity contribution in [2.24, 2.45) is 0 Å². The van der Waals surface area contributed by atoms with E-state index in [0.29, 0.717) is 6.42 Å². The van der Waals surface area contributed by atoms with Crippen molar-refractivity contribution in [3.8, 4) is 0 Å².